The molecule has 1 atom stereocenters. The number of hydrogen-bond acceptors (Lipinski definition) is 3. The molecule has 1 unspecified atom stereocenters. The summed E-state index contributed by atoms with van der Waals surface area (Å²) in [6.07, 6.45) is 4.06. The minimum absolute atomic E-state index is 0.115. The van der Waals surface area contributed by atoms with E-state index >= 15 is 0 Å². The molecule has 0 saturated carbocycles. The van der Waals surface area contributed by atoms with Crippen molar-refractivity contribution in [2.45, 2.75) is 32.8 Å². The predicted octanol–water partition coefficient (Wildman–Crippen LogP) is 1.67. The molecule has 1 aliphatic heterocycles. The lowest BCUT2D eigenvalue weighted by Crippen LogP contribution is -2.09. The van der Waals surface area contributed by atoms with Gasteiger partial charge in [0.15, 0.2) is 0 Å². The molecule has 13 heavy (non-hydrogen) atoms. The van der Waals surface area contributed by atoms with Crippen LogP contribution in [0.25, 0.3) is 0 Å². The van der Waals surface area contributed by atoms with Gasteiger partial charge in [0.1, 0.15) is 0 Å². The molecule has 1 heterocycles. The number of carbonyl (C=O) groups is 1. The fraction of sp³-hybridized carbons (Fsp3) is 0.700. The third-order valence-corrected chi connectivity index (χ3v) is 2.00. The van der Waals surface area contributed by atoms with Crippen LogP contribution in [0.1, 0.15) is 26.7 Å². The van der Waals surface area contributed by atoms with Crippen molar-refractivity contribution in [1.29, 1.82) is 0 Å². The Morgan fingerprint density at radius 2 is 2.46 bits per heavy atom. The maximum absolute atomic E-state index is 11.2. The first kappa shape index (κ1) is 10.3. The Labute approximate surface area is 78.7 Å². The van der Waals surface area contributed by atoms with Gasteiger partial charge in [-0.15, -0.1) is 0 Å². The second kappa shape index (κ2) is 5.02. The zero-order valence-electron chi connectivity index (χ0n) is 8.21. The summed E-state index contributed by atoms with van der Waals surface area (Å²) in [7, 11) is 0. The first-order valence-electron chi connectivity index (χ1n) is 4.71. The van der Waals surface area contributed by atoms with Crippen LogP contribution in [0.3, 0.4) is 0 Å². The van der Waals surface area contributed by atoms with E-state index in [9.17, 15) is 4.79 Å². The summed E-state index contributed by atoms with van der Waals surface area (Å²) in [4.78, 5) is 11.2. The van der Waals surface area contributed by atoms with E-state index in [-0.39, 0.29) is 12.1 Å². The van der Waals surface area contributed by atoms with Gasteiger partial charge in [-0.05, 0) is 32.8 Å². The van der Waals surface area contributed by atoms with Crippen LogP contribution in [0.4, 0.5) is 0 Å². The zero-order chi connectivity index (χ0) is 9.68. The minimum Gasteiger partial charge on any atom is -0.463 e. The SMILES string of the molecule is CCOC(=O)C(C)=CC1CCCO1. The van der Waals surface area contributed by atoms with Gasteiger partial charge in [0.25, 0.3) is 0 Å². The average molecular weight is 184 g/mol. The highest BCUT2D eigenvalue weighted by atomic mass is 16.5. The Morgan fingerprint density at radius 3 is 3.00 bits per heavy atom. The van der Waals surface area contributed by atoms with E-state index in [4.69, 9.17) is 9.47 Å². The number of carbonyl (C=O) groups excluding carboxylic acids is 1. The largest absolute Gasteiger partial charge is 0.463 e. The van der Waals surface area contributed by atoms with Crippen molar-refractivity contribution in [3.8, 4) is 0 Å². The molecule has 0 aromatic heterocycles. The Morgan fingerprint density at radius 1 is 1.69 bits per heavy atom. The van der Waals surface area contributed by atoms with Gasteiger partial charge >= 0.3 is 5.97 Å². The maximum Gasteiger partial charge on any atom is 0.333 e. The van der Waals surface area contributed by atoms with Gasteiger partial charge < -0.3 is 9.47 Å². The highest BCUT2D eigenvalue weighted by Gasteiger charge is 2.15. The molecule has 0 N–H and O–H groups in total. The van der Waals surface area contributed by atoms with Crippen LogP contribution in [-0.2, 0) is 14.3 Å². The molecule has 0 radical (unpaired) electrons. The van der Waals surface area contributed by atoms with Crippen LogP contribution < -0.4 is 0 Å². The van der Waals surface area contributed by atoms with Crippen LogP contribution in [0.15, 0.2) is 11.6 Å². The molecular weight excluding hydrogens is 168 g/mol. The lowest BCUT2D eigenvalue weighted by Gasteiger charge is -2.05. The summed E-state index contributed by atoms with van der Waals surface area (Å²) in [5.41, 5.74) is 0.647. The zero-order valence-corrected chi connectivity index (χ0v) is 8.21. The molecule has 0 spiro atoms. The van der Waals surface area contributed by atoms with Gasteiger partial charge in [0.05, 0.1) is 12.7 Å². The van der Waals surface area contributed by atoms with E-state index in [2.05, 4.69) is 0 Å². The summed E-state index contributed by atoms with van der Waals surface area (Å²) >= 11 is 0. The van der Waals surface area contributed by atoms with Crippen LogP contribution >= 0.6 is 0 Å². The van der Waals surface area contributed by atoms with Crippen molar-refractivity contribution in [2.24, 2.45) is 0 Å². The molecule has 0 aromatic rings. The van der Waals surface area contributed by atoms with Crippen molar-refractivity contribution in [2.75, 3.05) is 13.2 Å². The second-order valence-corrected chi connectivity index (χ2v) is 3.12. The Kier molecular flexibility index (Phi) is 3.96. The second-order valence-electron chi connectivity index (χ2n) is 3.12. The van der Waals surface area contributed by atoms with Gasteiger partial charge in [-0.2, -0.15) is 0 Å². The quantitative estimate of drug-likeness (QED) is 0.494. The molecule has 0 amide bonds. The first-order chi connectivity index (χ1) is 6.24. The van der Waals surface area contributed by atoms with E-state index in [1.807, 2.05) is 6.08 Å². The minimum atomic E-state index is -0.238. The Balaban J connectivity index is 2.44. The highest BCUT2D eigenvalue weighted by molar-refractivity contribution is 5.87. The van der Waals surface area contributed by atoms with E-state index < -0.39 is 0 Å². The molecule has 0 aliphatic carbocycles. The summed E-state index contributed by atoms with van der Waals surface area (Å²) in [5, 5.41) is 0. The van der Waals surface area contributed by atoms with Gasteiger partial charge in [-0.1, -0.05) is 0 Å². The van der Waals surface area contributed by atoms with Crippen molar-refractivity contribution >= 4 is 5.97 Å². The first-order valence-corrected chi connectivity index (χ1v) is 4.71. The molecule has 1 aliphatic rings. The number of rotatable bonds is 3. The van der Waals surface area contributed by atoms with Crippen LogP contribution in [-0.4, -0.2) is 25.3 Å². The molecule has 1 saturated heterocycles. The summed E-state index contributed by atoms with van der Waals surface area (Å²) in [6.45, 7) is 4.80. The van der Waals surface area contributed by atoms with E-state index in [0.29, 0.717) is 12.2 Å². The van der Waals surface area contributed by atoms with Crippen LogP contribution in [0.2, 0.25) is 0 Å². The molecule has 1 fully saturated rings. The smallest absolute Gasteiger partial charge is 0.333 e. The lowest BCUT2D eigenvalue weighted by molar-refractivity contribution is -0.138. The predicted molar refractivity (Wildman–Crippen MR) is 49.4 cm³/mol. The van der Waals surface area contributed by atoms with Crippen molar-refractivity contribution < 1.29 is 14.3 Å². The summed E-state index contributed by atoms with van der Waals surface area (Å²) < 4.78 is 10.2. The van der Waals surface area contributed by atoms with E-state index in [1.54, 1.807) is 13.8 Å². The Bertz CT molecular complexity index is 202. The average Bonchev–Trinajstić information content (AvgIpc) is 2.57. The van der Waals surface area contributed by atoms with Gasteiger partial charge in [0, 0.05) is 12.2 Å². The fourth-order valence-corrected chi connectivity index (χ4v) is 1.33. The fourth-order valence-electron chi connectivity index (χ4n) is 1.33. The van der Waals surface area contributed by atoms with Crippen LogP contribution in [0.5, 0.6) is 0 Å². The Hall–Kier alpha value is -0.830. The summed E-state index contributed by atoms with van der Waals surface area (Å²) in [6, 6.07) is 0. The number of esters is 1. The standard InChI is InChI=1S/C10H16O3/c1-3-12-10(11)8(2)7-9-5-4-6-13-9/h7,9H,3-6H2,1-2H3. The van der Waals surface area contributed by atoms with Gasteiger partial charge in [0.2, 0.25) is 0 Å². The van der Waals surface area contributed by atoms with Crippen molar-refractivity contribution in [1.82, 2.24) is 0 Å². The van der Waals surface area contributed by atoms with Crippen molar-refractivity contribution in [3.63, 3.8) is 0 Å². The molecule has 0 bridgehead atoms. The highest BCUT2D eigenvalue weighted by Crippen LogP contribution is 2.15. The topological polar surface area (TPSA) is 35.5 Å². The molecular formula is C10H16O3. The number of ether oxygens (including phenoxy) is 2. The molecule has 3 nitrogen and oxygen atoms in total. The third kappa shape index (κ3) is 3.19. The third-order valence-electron chi connectivity index (χ3n) is 2.00. The molecule has 0 aromatic carbocycles. The van der Waals surface area contributed by atoms with Crippen LogP contribution in [0, 0.1) is 0 Å². The normalized spacial score (nSPS) is 23.2. The molecule has 1 rings (SSSR count). The number of hydrogen-bond donors (Lipinski definition) is 0. The monoisotopic (exact) mass is 184 g/mol. The summed E-state index contributed by atoms with van der Waals surface area (Å²) in [5.74, 6) is -0.238. The van der Waals surface area contributed by atoms with Gasteiger partial charge in [-0.3, -0.25) is 0 Å². The van der Waals surface area contributed by atoms with E-state index in [0.717, 1.165) is 19.4 Å². The molecule has 3 heteroatoms. The lowest BCUT2D eigenvalue weighted by atomic mass is 10.2. The van der Waals surface area contributed by atoms with Crippen molar-refractivity contribution in [3.05, 3.63) is 11.6 Å². The van der Waals surface area contributed by atoms with E-state index in [1.165, 1.54) is 0 Å². The van der Waals surface area contributed by atoms with Gasteiger partial charge in [-0.25, -0.2) is 4.79 Å². The maximum atomic E-state index is 11.2. The molecule has 74 valence electrons.